The van der Waals surface area contributed by atoms with Gasteiger partial charge in [0.1, 0.15) is 30.2 Å². The number of Topliss-reactive ketones (excluding diaryl/α,β-unsaturated/α-hetero) is 1. The van der Waals surface area contributed by atoms with Gasteiger partial charge in [-0.25, -0.2) is 0 Å². The van der Waals surface area contributed by atoms with Crippen molar-refractivity contribution in [2.24, 2.45) is 0 Å². The number of ether oxygens (including phenoxy) is 2. The average Bonchev–Trinajstić information content (AvgIpc) is 3.15. The van der Waals surface area contributed by atoms with Crippen LogP contribution in [-0.4, -0.2) is 68.1 Å². The summed E-state index contributed by atoms with van der Waals surface area (Å²) in [5.41, 5.74) is 1.72. The molecule has 8 nitrogen and oxygen atoms in total. The molecule has 1 fully saturated rings. The highest BCUT2D eigenvalue weighted by Gasteiger charge is 2.45. The smallest absolute Gasteiger partial charge is 0.229 e. The Hall–Kier alpha value is -1.98. The van der Waals surface area contributed by atoms with Gasteiger partial charge in [0.15, 0.2) is 5.78 Å². The Kier molecular flexibility index (Phi) is 6.60. The van der Waals surface area contributed by atoms with E-state index in [1.165, 1.54) is 6.92 Å². The van der Waals surface area contributed by atoms with Crippen molar-refractivity contribution in [3.63, 3.8) is 0 Å². The molecule has 1 saturated heterocycles. The van der Waals surface area contributed by atoms with Crippen LogP contribution in [0.15, 0.2) is 47.1 Å². The molecule has 3 aromatic rings. The maximum absolute atomic E-state index is 12.2. The Morgan fingerprint density at radius 1 is 1.16 bits per heavy atom. The molecule has 0 amide bonds. The van der Waals surface area contributed by atoms with E-state index in [9.17, 15) is 25.2 Å². The van der Waals surface area contributed by atoms with Crippen LogP contribution in [0.4, 0.5) is 0 Å². The minimum Gasteiger partial charge on any atom is -0.460 e. The second-order valence-corrected chi connectivity index (χ2v) is 8.74. The van der Waals surface area contributed by atoms with E-state index in [1.54, 1.807) is 47.2 Å². The van der Waals surface area contributed by atoms with E-state index in [4.69, 9.17) is 21.1 Å². The van der Waals surface area contributed by atoms with Crippen molar-refractivity contribution in [3.05, 3.63) is 57.7 Å². The van der Waals surface area contributed by atoms with Crippen LogP contribution in [0.3, 0.4) is 0 Å². The highest BCUT2D eigenvalue weighted by molar-refractivity contribution is 9.10. The molecule has 10 heteroatoms. The monoisotopic (exact) mass is 525 g/mol. The van der Waals surface area contributed by atoms with E-state index < -0.39 is 37.3 Å². The lowest BCUT2D eigenvalue weighted by Crippen LogP contribution is -2.60. The van der Waals surface area contributed by atoms with E-state index in [-0.39, 0.29) is 11.5 Å². The van der Waals surface area contributed by atoms with Gasteiger partial charge < -0.3 is 34.5 Å². The molecule has 0 spiro atoms. The van der Waals surface area contributed by atoms with E-state index in [1.807, 2.05) is 0 Å². The fourth-order valence-electron chi connectivity index (χ4n) is 3.79. The lowest BCUT2D eigenvalue weighted by atomic mass is 9.99. The van der Waals surface area contributed by atoms with Crippen molar-refractivity contribution in [2.75, 3.05) is 6.61 Å². The topological polar surface area (TPSA) is 121 Å². The summed E-state index contributed by atoms with van der Waals surface area (Å²) in [6.07, 6.45) is -5.57. The van der Waals surface area contributed by atoms with Gasteiger partial charge in [0.2, 0.25) is 6.29 Å². The van der Waals surface area contributed by atoms with Gasteiger partial charge in [0, 0.05) is 10.0 Å². The summed E-state index contributed by atoms with van der Waals surface area (Å²) in [6, 6.07) is 10.6. The van der Waals surface area contributed by atoms with E-state index in [2.05, 4.69) is 15.9 Å². The van der Waals surface area contributed by atoms with Crippen molar-refractivity contribution in [2.45, 2.75) is 37.6 Å². The number of fused-ring (bicyclic) bond motifs is 1. The summed E-state index contributed by atoms with van der Waals surface area (Å²) >= 11 is 9.95. The first kappa shape index (κ1) is 23.2. The molecule has 1 aromatic heterocycles. The van der Waals surface area contributed by atoms with Gasteiger partial charge >= 0.3 is 0 Å². The third kappa shape index (κ3) is 3.94. The number of benzene rings is 2. The summed E-state index contributed by atoms with van der Waals surface area (Å²) in [5.74, 6) is 0.0936. The summed E-state index contributed by atoms with van der Waals surface area (Å²) in [6.45, 7) is 0.893. The molecule has 0 unspecified atom stereocenters. The lowest BCUT2D eigenvalue weighted by Gasteiger charge is -2.39. The zero-order chi connectivity index (χ0) is 23.2. The van der Waals surface area contributed by atoms with Gasteiger partial charge in [-0.1, -0.05) is 23.7 Å². The number of hydrogen-bond acceptors (Lipinski definition) is 7. The third-order valence-electron chi connectivity index (χ3n) is 5.46. The first-order valence-corrected chi connectivity index (χ1v) is 11.0. The molecule has 32 heavy (non-hydrogen) atoms. The quantitative estimate of drug-likeness (QED) is 0.377. The van der Waals surface area contributed by atoms with Gasteiger partial charge in [-0.05, 0) is 47.1 Å². The first-order chi connectivity index (χ1) is 15.2. The molecular weight excluding hydrogens is 506 g/mol. The summed E-state index contributed by atoms with van der Waals surface area (Å²) < 4.78 is 13.7. The third-order valence-corrected chi connectivity index (χ3v) is 6.74. The van der Waals surface area contributed by atoms with Crippen molar-refractivity contribution >= 4 is 44.2 Å². The normalized spacial score (nSPS) is 25.8. The number of carbonyl (C=O) groups excluding carboxylic acids is 1. The number of carbonyl (C=O) groups is 1. The van der Waals surface area contributed by atoms with Gasteiger partial charge in [-0.15, -0.1) is 0 Å². The van der Waals surface area contributed by atoms with Crippen LogP contribution in [0, 0.1) is 0 Å². The van der Waals surface area contributed by atoms with Gasteiger partial charge in [-0.3, -0.25) is 4.79 Å². The molecule has 1 aliphatic heterocycles. The van der Waals surface area contributed by atoms with Crippen molar-refractivity contribution in [1.82, 2.24) is 4.57 Å². The summed E-state index contributed by atoms with van der Waals surface area (Å²) in [7, 11) is 0. The fraction of sp³-hybridized carbons (Fsp3) is 0.318. The predicted molar refractivity (Wildman–Crippen MR) is 120 cm³/mol. The molecule has 0 aliphatic carbocycles. The van der Waals surface area contributed by atoms with Gasteiger partial charge in [0.05, 0.1) is 34.4 Å². The van der Waals surface area contributed by atoms with Crippen molar-refractivity contribution < 1.29 is 34.7 Å². The highest BCUT2D eigenvalue weighted by Crippen LogP contribution is 2.41. The minimum atomic E-state index is -1.58. The predicted octanol–water partition coefficient (Wildman–Crippen LogP) is 2.43. The Balaban J connectivity index is 1.85. The molecule has 5 atom stereocenters. The average molecular weight is 527 g/mol. The fourth-order valence-corrected chi connectivity index (χ4v) is 4.37. The highest BCUT2D eigenvalue weighted by atomic mass is 79.9. The number of aromatic nitrogens is 1. The van der Waals surface area contributed by atoms with Gasteiger partial charge in [0.25, 0.3) is 0 Å². The van der Waals surface area contributed by atoms with Crippen molar-refractivity contribution in [3.8, 4) is 11.4 Å². The number of aliphatic hydroxyl groups is 4. The Bertz CT molecular complexity index is 1160. The van der Waals surface area contributed by atoms with Crippen LogP contribution in [0.5, 0.6) is 5.75 Å². The second-order valence-electron chi connectivity index (χ2n) is 7.51. The Morgan fingerprint density at radius 2 is 1.88 bits per heavy atom. The van der Waals surface area contributed by atoms with E-state index in [0.29, 0.717) is 31.6 Å². The van der Waals surface area contributed by atoms with Crippen LogP contribution in [-0.2, 0) is 4.74 Å². The van der Waals surface area contributed by atoms with Crippen LogP contribution in [0.1, 0.15) is 17.3 Å². The molecule has 1 aliphatic rings. The van der Waals surface area contributed by atoms with Crippen LogP contribution >= 0.6 is 27.5 Å². The number of nitrogens with zero attached hydrogens (tertiary/aromatic N) is 1. The van der Waals surface area contributed by atoms with Crippen LogP contribution < -0.4 is 4.74 Å². The standard InChI is InChI=1S/C22H21BrClNO7/c1-10(27)11-4-2-3-5-13(11)25-8-15(17-14(25)7-6-12(23)18(17)24)31-22-21(30)20(29)19(28)16(9-26)32-22/h2-8,16,19-22,26,28-30H,9H2,1H3/t16-,19+,20+,21-,22-/m1/s1. The zero-order valence-corrected chi connectivity index (χ0v) is 19.2. The molecule has 0 radical (unpaired) electrons. The zero-order valence-electron chi connectivity index (χ0n) is 16.9. The van der Waals surface area contributed by atoms with E-state index in [0.717, 1.165) is 0 Å². The van der Waals surface area contributed by atoms with Crippen LogP contribution in [0.25, 0.3) is 16.6 Å². The number of para-hydroxylation sites is 1. The minimum absolute atomic E-state index is 0.123. The van der Waals surface area contributed by atoms with E-state index >= 15 is 0 Å². The Labute approximate surface area is 196 Å². The number of hydrogen-bond donors (Lipinski definition) is 4. The lowest BCUT2D eigenvalue weighted by molar-refractivity contribution is -0.277. The maximum Gasteiger partial charge on any atom is 0.229 e. The molecular formula is C22H21BrClNO7. The van der Waals surface area contributed by atoms with Crippen LogP contribution in [0.2, 0.25) is 5.02 Å². The molecule has 0 saturated carbocycles. The molecule has 2 heterocycles. The molecule has 4 N–H and O–H groups in total. The molecule has 170 valence electrons. The molecule has 2 aromatic carbocycles. The Morgan fingerprint density at radius 3 is 2.56 bits per heavy atom. The second kappa shape index (κ2) is 9.11. The van der Waals surface area contributed by atoms with Gasteiger partial charge in [-0.2, -0.15) is 0 Å². The summed E-state index contributed by atoms with van der Waals surface area (Å²) in [4.78, 5) is 12.2. The summed E-state index contributed by atoms with van der Waals surface area (Å²) in [5, 5.41) is 40.7. The molecule has 0 bridgehead atoms. The maximum atomic E-state index is 12.2. The number of ketones is 1. The first-order valence-electron chi connectivity index (χ1n) is 9.81. The molecule has 4 rings (SSSR count). The van der Waals surface area contributed by atoms with Crippen molar-refractivity contribution in [1.29, 1.82) is 0 Å². The number of halogens is 2. The number of aliphatic hydroxyl groups excluding tert-OH is 4. The number of rotatable bonds is 5. The SMILES string of the molecule is CC(=O)c1ccccc1-n1cc(O[C@@H]2O[C@H](CO)[C@H](O)[C@H](O)[C@H]2O)c2c(Cl)c(Br)ccc21. The largest absolute Gasteiger partial charge is 0.460 e.